The second-order valence-corrected chi connectivity index (χ2v) is 6.77. The molecule has 0 radical (unpaired) electrons. The van der Waals surface area contributed by atoms with Gasteiger partial charge in [0.25, 0.3) is 0 Å². The molecule has 1 saturated heterocycles. The van der Waals surface area contributed by atoms with Crippen molar-refractivity contribution in [3.8, 4) is 0 Å². The topological polar surface area (TPSA) is 15.3 Å². The van der Waals surface area contributed by atoms with Crippen molar-refractivity contribution in [3.63, 3.8) is 0 Å². The van der Waals surface area contributed by atoms with Gasteiger partial charge in [0.2, 0.25) is 0 Å². The average Bonchev–Trinajstić information content (AvgIpc) is 3.23. The van der Waals surface area contributed by atoms with E-state index in [0.29, 0.717) is 18.0 Å². The molecule has 116 valence electrons. The van der Waals surface area contributed by atoms with Gasteiger partial charge < -0.3 is 10.2 Å². The second kappa shape index (κ2) is 5.96. The minimum Gasteiger partial charge on any atom is -0.371 e. The smallest absolute Gasteiger partial charge is 0.129 e. The highest BCUT2D eigenvalue weighted by molar-refractivity contribution is 5.55. The summed E-state index contributed by atoms with van der Waals surface area (Å²) in [7, 11) is 0. The van der Waals surface area contributed by atoms with Crippen molar-refractivity contribution < 1.29 is 4.39 Å². The Morgan fingerprint density at radius 3 is 2.67 bits per heavy atom. The molecule has 0 unspecified atom stereocenters. The molecule has 21 heavy (non-hydrogen) atoms. The van der Waals surface area contributed by atoms with E-state index < -0.39 is 0 Å². The normalized spacial score (nSPS) is 21.0. The molecule has 0 aromatic heterocycles. The van der Waals surface area contributed by atoms with Crippen LogP contribution in [0, 0.1) is 11.2 Å². The van der Waals surface area contributed by atoms with Gasteiger partial charge >= 0.3 is 0 Å². The molecular formula is C18H27FN2. The lowest BCUT2D eigenvalue weighted by molar-refractivity contribution is 0.301. The van der Waals surface area contributed by atoms with E-state index in [9.17, 15) is 4.39 Å². The first-order chi connectivity index (χ1) is 10.2. The fourth-order valence-corrected chi connectivity index (χ4v) is 3.52. The van der Waals surface area contributed by atoms with Crippen molar-refractivity contribution in [1.29, 1.82) is 0 Å². The molecule has 3 heteroatoms. The van der Waals surface area contributed by atoms with Crippen molar-refractivity contribution in [2.75, 3.05) is 18.0 Å². The van der Waals surface area contributed by atoms with E-state index in [0.717, 1.165) is 24.3 Å². The van der Waals surface area contributed by atoms with Crippen LogP contribution in [0.25, 0.3) is 0 Å². The Morgan fingerprint density at radius 1 is 1.29 bits per heavy atom. The van der Waals surface area contributed by atoms with E-state index in [1.54, 1.807) is 6.07 Å². The summed E-state index contributed by atoms with van der Waals surface area (Å²) in [6.45, 7) is 7.36. The molecule has 2 aliphatic rings. The zero-order valence-corrected chi connectivity index (χ0v) is 13.3. The molecule has 1 heterocycles. The quantitative estimate of drug-likeness (QED) is 0.848. The molecule has 1 aliphatic carbocycles. The number of hydrogen-bond donors (Lipinski definition) is 1. The van der Waals surface area contributed by atoms with E-state index in [-0.39, 0.29) is 5.82 Å². The molecule has 1 aliphatic heterocycles. The van der Waals surface area contributed by atoms with Crippen LogP contribution in [0.1, 0.15) is 51.5 Å². The molecule has 2 fully saturated rings. The molecule has 1 aromatic rings. The van der Waals surface area contributed by atoms with E-state index in [4.69, 9.17) is 0 Å². The van der Waals surface area contributed by atoms with Crippen LogP contribution < -0.4 is 10.2 Å². The first-order valence-corrected chi connectivity index (χ1v) is 8.43. The largest absolute Gasteiger partial charge is 0.371 e. The van der Waals surface area contributed by atoms with E-state index in [1.807, 2.05) is 6.07 Å². The van der Waals surface area contributed by atoms with Crippen LogP contribution >= 0.6 is 0 Å². The van der Waals surface area contributed by atoms with Gasteiger partial charge in [0.05, 0.1) is 0 Å². The van der Waals surface area contributed by atoms with Gasteiger partial charge in [-0.3, -0.25) is 0 Å². The van der Waals surface area contributed by atoms with Crippen molar-refractivity contribution in [2.24, 2.45) is 5.41 Å². The highest BCUT2D eigenvalue weighted by atomic mass is 19.1. The van der Waals surface area contributed by atoms with Crippen molar-refractivity contribution in [3.05, 3.63) is 29.6 Å². The van der Waals surface area contributed by atoms with Crippen molar-refractivity contribution in [2.45, 2.75) is 58.5 Å². The first kappa shape index (κ1) is 14.8. The fraction of sp³-hybridized carbons (Fsp3) is 0.667. The van der Waals surface area contributed by atoms with Crippen LogP contribution in [0.4, 0.5) is 10.1 Å². The molecule has 1 aromatic carbocycles. The Kier molecular flexibility index (Phi) is 4.21. The maximum Gasteiger partial charge on any atom is 0.129 e. The highest BCUT2D eigenvalue weighted by Gasteiger charge is 2.36. The Bertz CT molecular complexity index is 492. The maximum absolute atomic E-state index is 14.3. The molecule has 2 nitrogen and oxygen atoms in total. The van der Waals surface area contributed by atoms with Gasteiger partial charge in [0, 0.05) is 36.9 Å². The minimum absolute atomic E-state index is 0.0638. The Balaban J connectivity index is 1.79. The van der Waals surface area contributed by atoms with Crippen LogP contribution in [0.2, 0.25) is 0 Å². The lowest BCUT2D eigenvalue weighted by atomic mass is 9.82. The highest BCUT2D eigenvalue weighted by Crippen LogP contribution is 2.40. The van der Waals surface area contributed by atoms with Crippen molar-refractivity contribution >= 4 is 5.69 Å². The van der Waals surface area contributed by atoms with E-state index >= 15 is 0 Å². The predicted octanol–water partition coefficient (Wildman–Crippen LogP) is 4.09. The third-order valence-electron chi connectivity index (χ3n) is 5.52. The lowest BCUT2D eigenvalue weighted by Crippen LogP contribution is -2.28. The lowest BCUT2D eigenvalue weighted by Gasteiger charge is -2.28. The molecule has 0 bridgehead atoms. The summed E-state index contributed by atoms with van der Waals surface area (Å²) in [4.78, 5) is 2.40. The van der Waals surface area contributed by atoms with Gasteiger partial charge in [0.15, 0.2) is 0 Å². The maximum atomic E-state index is 14.3. The third kappa shape index (κ3) is 3.08. The van der Waals surface area contributed by atoms with E-state index in [1.165, 1.54) is 32.1 Å². The fourth-order valence-electron chi connectivity index (χ4n) is 3.52. The summed E-state index contributed by atoms with van der Waals surface area (Å²) in [5.74, 6) is -0.0638. The monoisotopic (exact) mass is 290 g/mol. The molecule has 0 spiro atoms. The molecule has 1 N–H and O–H groups in total. The second-order valence-electron chi connectivity index (χ2n) is 6.77. The van der Waals surface area contributed by atoms with E-state index in [2.05, 4.69) is 30.1 Å². The minimum atomic E-state index is -0.0638. The summed E-state index contributed by atoms with van der Waals surface area (Å²) in [5, 5.41) is 3.46. The standard InChI is InChI=1S/C18H27FN2/c1-3-18(4-2)10-11-21(13-18)17-7-5-6-16(19)15(17)12-20-14-8-9-14/h5-7,14,20H,3-4,8-13H2,1-2H3. The van der Waals surface area contributed by atoms with Crippen LogP contribution in [0.5, 0.6) is 0 Å². The van der Waals surface area contributed by atoms with Crippen LogP contribution in [0.3, 0.4) is 0 Å². The number of rotatable bonds is 6. The van der Waals surface area contributed by atoms with Gasteiger partial charge in [-0.05, 0) is 49.7 Å². The summed E-state index contributed by atoms with van der Waals surface area (Å²) in [6.07, 6.45) is 6.13. The average molecular weight is 290 g/mol. The van der Waals surface area contributed by atoms with Crippen LogP contribution in [-0.2, 0) is 6.54 Å². The summed E-state index contributed by atoms with van der Waals surface area (Å²) < 4.78 is 14.3. The predicted molar refractivity (Wildman–Crippen MR) is 86.1 cm³/mol. The third-order valence-corrected chi connectivity index (χ3v) is 5.52. The molecule has 1 saturated carbocycles. The molecule has 3 rings (SSSR count). The van der Waals surface area contributed by atoms with Gasteiger partial charge in [-0.15, -0.1) is 0 Å². The number of nitrogens with zero attached hydrogens (tertiary/aromatic N) is 1. The molecular weight excluding hydrogens is 263 g/mol. The Labute approximate surface area is 127 Å². The van der Waals surface area contributed by atoms with Gasteiger partial charge in [0.1, 0.15) is 5.82 Å². The van der Waals surface area contributed by atoms with Crippen LogP contribution in [0.15, 0.2) is 18.2 Å². The SMILES string of the molecule is CCC1(CC)CCN(c2cccc(F)c2CNC2CC2)C1. The molecule has 0 amide bonds. The number of anilines is 1. The summed E-state index contributed by atoms with van der Waals surface area (Å²) in [6, 6.07) is 6.15. The Hall–Kier alpha value is -1.09. The number of hydrogen-bond acceptors (Lipinski definition) is 2. The number of halogens is 1. The number of nitrogens with one attached hydrogen (secondary N) is 1. The van der Waals surface area contributed by atoms with Crippen molar-refractivity contribution in [1.82, 2.24) is 5.32 Å². The Morgan fingerprint density at radius 2 is 2.05 bits per heavy atom. The van der Waals surface area contributed by atoms with Gasteiger partial charge in [-0.25, -0.2) is 4.39 Å². The van der Waals surface area contributed by atoms with Gasteiger partial charge in [-0.1, -0.05) is 19.9 Å². The first-order valence-electron chi connectivity index (χ1n) is 8.43. The zero-order valence-electron chi connectivity index (χ0n) is 13.3. The molecule has 0 atom stereocenters. The summed E-state index contributed by atoms with van der Waals surface area (Å²) in [5.41, 5.74) is 2.38. The summed E-state index contributed by atoms with van der Waals surface area (Å²) >= 11 is 0. The zero-order chi connectivity index (χ0) is 14.9. The van der Waals surface area contributed by atoms with Crippen LogP contribution in [-0.4, -0.2) is 19.1 Å². The number of benzene rings is 1. The van der Waals surface area contributed by atoms with Gasteiger partial charge in [-0.2, -0.15) is 0 Å².